The van der Waals surface area contributed by atoms with Crippen molar-refractivity contribution in [1.82, 2.24) is 4.98 Å². The van der Waals surface area contributed by atoms with Crippen LogP contribution in [0.4, 0.5) is 11.5 Å². The van der Waals surface area contributed by atoms with Gasteiger partial charge in [-0.15, -0.1) is 0 Å². The van der Waals surface area contributed by atoms with Gasteiger partial charge in [0.2, 0.25) is 5.91 Å². The molecule has 2 rings (SSSR count). The summed E-state index contributed by atoms with van der Waals surface area (Å²) < 4.78 is 0. The number of amides is 1. The van der Waals surface area contributed by atoms with Crippen LogP contribution in [0.2, 0.25) is 5.02 Å². The van der Waals surface area contributed by atoms with Crippen molar-refractivity contribution in [1.29, 1.82) is 0 Å². The number of anilines is 2. The predicted molar refractivity (Wildman–Crippen MR) is 65.0 cm³/mol. The van der Waals surface area contributed by atoms with Gasteiger partial charge in [-0.05, 0) is 19.9 Å². The van der Waals surface area contributed by atoms with E-state index < -0.39 is 0 Å². The zero-order valence-electron chi connectivity index (χ0n) is 9.33. The first-order valence-corrected chi connectivity index (χ1v) is 5.71. The van der Waals surface area contributed by atoms with E-state index in [0.717, 1.165) is 12.4 Å². The highest BCUT2D eigenvalue weighted by molar-refractivity contribution is 6.30. The second-order valence-electron chi connectivity index (χ2n) is 3.91. The Morgan fingerprint density at radius 3 is 3.12 bits per heavy atom. The minimum Gasteiger partial charge on any atom is -0.352 e. The fourth-order valence-corrected chi connectivity index (χ4v) is 2.16. The Labute approximate surface area is 99.6 Å². The van der Waals surface area contributed by atoms with E-state index in [4.69, 9.17) is 11.6 Å². The number of halogens is 1. The van der Waals surface area contributed by atoms with Crippen molar-refractivity contribution in [2.75, 3.05) is 16.8 Å². The van der Waals surface area contributed by atoms with Gasteiger partial charge < -0.3 is 10.2 Å². The number of nitrogens with zero attached hydrogens (tertiary/aromatic N) is 2. The smallest absolute Gasteiger partial charge is 0.226 e. The molecule has 16 heavy (non-hydrogen) atoms. The minimum atomic E-state index is 0.00812. The van der Waals surface area contributed by atoms with Gasteiger partial charge in [0.15, 0.2) is 5.82 Å². The molecule has 1 aliphatic heterocycles. The monoisotopic (exact) mass is 239 g/mol. The molecule has 2 heterocycles. The summed E-state index contributed by atoms with van der Waals surface area (Å²) in [6, 6.07) is 1.89. The van der Waals surface area contributed by atoms with Crippen molar-refractivity contribution in [2.24, 2.45) is 0 Å². The average Bonchev–Trinajstić information content (AvgIpc) is 2.32. The fraction of sp³-hybridized carbons (Fsp3) is 0.455. The van der Waals surface area contributed by atoms with Crippen molar-refractivity contribution in [3.8, 4) is 0 Å². The number of fused-ring (bicyclic) bond motifs is 1. The maximum absolute atomic E-state index is 11.6. The topological polar surface area (TPSA) is 45.2 Å². The summed E-state index contributed by atoms with van der Waals surface area (Å²) >= 11 is 5.87. The second-order valence-corrected chi connectivity index (χ2v) is 4.35. The SMILES string of the molecule is CCN1c2ncc(Cl)cc2NC(=O)CC1C. The van der Waals surface area contributed by atoms with Crippen LogP contribution < -0.4 is 10.2 Å². The van der Waals surface area contributed by atoms with Crippen LogP contribution in [-0.4, -0.2) is 23.5 Å². The summed E-state index contributed by atoms with van der Waals surface area (Å²) in [5, 5.41) is 3.36. The number of aromatic nitrogens is 1. The number of nitrogens with one attached hydrogen (secondary N) is 1. The number of carbonyl (C=O) groups excluding carboxylic acids is 1. The largest absolute Gasteiger partial charge is 0.352 e. The molecule has 86 valence electrons. The maximum Gasteiger partial charge on any atom is 0.226 e. The van der Waals surface area contributed by atoms with Crippen molar-refractivity contribution in [3.05, 3.63) is 17.3 Å². The molecule has 1 unspecified atom stereocenters. The molecule has 0 saturated heterocycles. The van der Waals surface area contributed by atoms with E-state index in [1.54, 1.807) is 12.3 Å². The van der Waals surface area contributed by atoms with Crippen LogP contribution in [0.1, 0.15) is 20.3 Å². The summed E-state index contributed by atoms with van der Waals surface area (Å²) in [6.07, 6.45) is 2.08. The summed E-state index contributed by atoms with van der Waals surface area (Å²) in [6.45, 7) is 4.89. The van der Waals surface area contributed by atoms with Crippen LogP contribution in [0.3, 0.4) is 0 Å². The fourth-order valence-electron chi connectivity index (χ4n) is 2.00. The van der Waals surface area contributed by atoms with Crippen molar-refractivity contribution >= 4 is 29.0 Å². The lowest BCUT2D eigenvalue weighted by molar-refractivity contribution is -0.116. The molecule has 1 aliphatic rings. The van der Waals surface area contributed by atoms with Gasteiger partial charge in [-0.1, -0.05) is 11.6 Å². The first-order valence-electron chi connectivity index (χ1n) is 5.34. The Morgan fingerprint density at radius 1 is 1.69 bits per heavy atom. The number of carbonyl (C=O) groups is 1. The molecule has 0 aliphatic carbocycles. The number of hydrogen-bond donors (Lipinski definition) is 1. The third kappa shape index (κ3) is 1.97. The molecule has 1 amide bonds. The van der Waals surface area contributed by atoms with E-state index in [1.165, 1.54) is 0 Å². The lowest BCUT2D eigenvalue weighted by atomic mass is 10.2. The molecule has 1 atom stereocenters. The Morgan fingerprint density at radius 2 is 2.44 bits per heavy atom. The lowest BCUT2D eigenvalue weighted by Crippen LogP contribution is -2.33. The first kappa shape index (κ1) is 11.2. The molecule has 1 aromatic rings. The van der Waals surface area contributed by atoms with E-state index in [2.05, 4.69) is 15.2 Å². The Kier molecular flexibility index (Phi) is 3.01. The van der Waals surface area contributed by atoms with Crippen molar-refractivity contribution in [3.63, 3.8) is 0 Å². The van der Waals surface area contributed by atoms with Gasteiger partial charge in [-0.2, -0.15) is 0 Å². The molecule has 0 bridgehead atoms. The normalized spacial score (nSPS) is 20.1. The minimum absolute atomic E-state index is 0.00812. The molecule has 5 heteroatoms. The summed E-state index contributed by atoms with van der Waals surface area (Å²) in [4.78, 5) is 18.0. The van der Waals surface area contributed by atoms with Gasteiger partial charge in [0.05, 0.1) is 10.7 Å². The van der Waals surface area contributed by atoms with Crippen molar-refractivity contribution < 1.29 is 4.79 Å². The standard InChI is InChI=1S/C11H14ClN3O/c1-3-15-7(2)4-10(16)14-9-5-8(12)6-13-11(9)15/h5-7H,3-4H2,1-2H3,(H,14,16). The van der Waals surface area contributed by atoms with E-state index >= 15 is 0 Å². The molecule has 4 nitrogen and oxygen atoms in total. The highest BCUT2D eigenvalue weighted by Gasteiger charge is 2.25. The Hall–Kier alpha value is -1.29. The Bertz CT molecular complexity index is 422. The van der Waals surface area contributed by atoms with Crippen LogP contribution >= 0.6 is 11.6 Å². The molecule has 1 aromatic heterocycles. The summed E-state index contributed by atoms with van der Waals surface area (Å²) in [5.41, 5.74) is 0.698. The van der Waals surface area contributed by atoms with E-state index in [-0.39, 0.29) is 11.9 Å². The Balaban J connectivity index is 2.49. The van der Waals surface area contributed by atoms with Gasteiger partial charge in [-0.25, -0.2) is 4.98 Å². The number of hydrogen-bond acceptors (Lipinski definition) is 3. The van der Waals surface area contributed by atoms with Crippen LogP contribution in [0, 0.1) is 0 Å². The van der Waals surface area contributed by atoms with Gasteiger partial charge in [0.1, 0.15) is 0 Å². The van der Waals surface area contributed by atoms with Gasteiger partial charge in [0, 0.05) is 25.2 Å². The zero-order chi connectivity index (χ0) is 11.7. The average molecular weight is 240 g/mol. The quantitative estimate of drug-likeness (QED) is 0.818. The predicted octanol–water partition coefficient (Wildman–Crippen LogP) is 2.29. The third-order valence-electron chi connectivity index (χ3n) is 2.73. The van der Waals surface area contributed by atoms with Crippen LogP contribution in [-0.2, 0) is 4.79 Å². The number of pyridine rings is 1. The van der Waals surface area contributed by atoms with Gasteiger partial charge >= 0.3 is 0 Å². The number of rotatable bonds is 1. The molecule has 0 aromatic carbocycles. The lowest BCUT2D eigenvalue weighted by Gasteiger charge is -2.27. The van der Waals surface area contributed by atoms with Gasteiger partial charge in [0.25, 0.3) is 0 Å². The zero-order valence-corrected chi connectivity index (χ0v) is 10.1. The highest BCUT2D eigenvalue weighted by Crippen LogP contribution is 2.30. The molecular weight excluding hydrogens is 226 g/mol. The molecule has 0 radical (unpaired) electrons. The van der Waals surface area contributed by atoms with E-state index in [1.807, 2.05) is 13.8 Å². The maximum atomic E-state index is 11.6. The van der Waals surface area contributed by atoms with Crippen molar-refractivity contribution in [2.45, 2.75) is 26.3 Å². The van der Waals surface area contributed by atoms with Gasteiger partial charge in [-0.3, -0.25) is 4.79 Å². The molecule has 0 saturated carbocycles. The van der Waals surface area contributed by atoms with Crippen LogP contribution in [0.5, 0.6) is 0 Å². The molecular formula is C11H14ClN3O. The van der Waals surface area contributed by atoms with Crippen LogP contribution in [0.25, 0.3) is 0 Å². The van der Waals surface area contributed by atoms with Crippen LogP contribution in [0.15, 0.2) is 12.3 Å². The van der Waals surface area contributed by atoms with E-state index in [0.29, 0.717) is 17.1 Å². The highest BCUT2D eigenvalue weighted by atomic mass is 35.5. The molecule has 1 N–H and O–H groups in total. The summed E-state index contributed by atoms with van der Waals surface area (Å²) in [5.74, 6) is 0.805. The molecule has 0 spiro atoms. The molecule has 0 fully saturated rings. The first-order chi connectivity index (χ1) is 7.61. The summed E-state index contributed by atoms with van der Waals surface area (Å²) in [7, 11) is 0. The van der Waals surface area contributed by atoms with E-state index in [9.17, 15) is 4.79 Å². The second kappa shape index (κ2) is 4.29. The third-order valence-corrected chi connectivity index (χ3v) is 2.94.